The molecule has 16 heavy (non-hydrogen) atoms. The molecule has 0 atom stereocenters. The van der Waals surface area contributed by atoms with E-state index in [1.807, 2.05) is 0 Å². The molecule has 0 amide bonds. The molecular formula is C11H18Cl2N2S. The molecule has 2 rings (SSSR count). The number of piperidine rings is 1. The van der Waals surface area contributed by atoms with Crippen LogP contribution >= 0.6 is 35.3 Å². The number of halogens is 2. The van der Waals surface area contributed by atoms with Crippen molar-refractivity contribution in [3.63, 3.8) is 0 Å². The minimum Gasteiger partial charge on any atom is -0.317 e. The summed E-state index contributed by atoms with van der Waals surface area (Å²) >= 11 is 7.72. The Hall–Kier alpha value is 0.200. The summed E-state index contributed by atoms with van der Waals surface area (Å²) in [6, 6.07) is 2.84. The van der Waals surface area contributed by atoms with E-state index in [2.05, 4.69) is 28.7 Å². The molecule has 1 saturated heterocycles. The topological polar surface area (TPSA) is 15.3 Å². The van der Waals surface area contributed by atoms with Crippen LogP contribution in [0.25, 0.3) is 0 Å². The van der Waals surface area contributed by atoms with Crippen molar-refractivity contribution in [2.45, 2.75) is 25.4 Å². The van der Waals surface area contributed by atoms with Crippen LogP contribution in [0.4, 0.5) is 0 Å². The lowest BCUT2D eigenvalue weighted by Crippen LogP contribution is -2.40. The first-order valence-corrected chi connectivity index (χ1v) is 6.67. The van der Waals surface area contributed by atoms with Crippen molar-refractivity contribution in [3.8, 4) is 0 Å². The molecule has 1 aliphatic rings. The van der Waals surface area contributed by atoms with Crippen molar-refractivity contribution in [3.05, 3.63) is 21.3 Å². The molecule has 0 spiro atoms. The zero-order valence-electron chi connectivity index (χ0n) is 9.41. The van der Waals surface area contributed by atoms with E-state index in [9.17, 15) is 0 Å². The fourth-order valence-electron chi connectivity index (χ4n) is 2.05. The minimum absolute atomic E-state index is 0. The fourth-order valence-corrected chi connectivity index (χ4v) is 2.97. The van der Waals surface area contributed by atoms with Crippen molar-refractivity contribution >= 4 is 35.3 Å². The van der Waals surface area contributed by atoms with Gasteiger partial charge in [0, 0.05) is 12.6 Å². The molecule has 92 valence electrons. The highest BCUT2D eigenvalue weighted by atomic mass is 35.5. The van der Waals surface area contributed by atoms with Crippen LogP contribution < -0.4 is 5.32 Å². The lowest BCUT2D eigenvalue weighted by Gasteiger charge is -2.31. The maximum absolute atomic E-state index is 6.09. The van der Waals surface area contributed by atoms with Gasteiger partial charge in [0.25, 0.3) is 0 Å². The summed E-state index contributed by atoms with van der Waals surface area (Å²) in [4.78, 5) is 2.49. The third-order valence-corrected chi connectivity index (χ3v) is 4.33. The van der Waals surface area contributed by atoms with Crippen LogP contribution in [0.3, 0.4) is 0 Å². The maximum Gasteiger partial charge on any atom is 0.0973 e. The van der Waals surface area contributed by atoms with Gasteiger partial charge < -0.3 is 5.32 Å². The summed E-state index contributed by atoms with van der Waals surface area (Å²) < 4.78 is 0.950. The van der Waals surface area contributed by atoms with E-state index < -0.39 is 0 Å². The van der Waals surface area contributed by atoms with E-state index in [1.165, 1.54) is 31.5 Å². The molecule has 1 fully saturated rings. The Morgan fingerprint density at radius 1 is 1.50 bits per heavy atom. The minimum atomic E-state index is 0. The van der Waals surface area contributed by atoms with Crippen molar-refractivity contribution < 1.29 is 0 Å². The summed E-state index contributed by atoms with van der Waals surface area (Å²) in [5.41, 5.74) is 1.28. The quantitative estimate of drug-likeness (QED) is 0.916. The van der Waals surface area contributed by atoms with E-state index >= 15 is 0 Å². The first kappa shape index (κ1) is 14.3. The van der Waals surface area contributed by atoms with E-state index in [0.717, 1.165) is 10.9 Å². The second kappa shape index (κ2) is 6.82. The standard InChI is InChI=1S/C11H17ClN2S.ClH/c1-13-10-2-5-14(6-3-10)8-9-4-7-15-11(9)12;/h4,7,10,13H,2-3,5-6,8H2,1H3;1H. The summed E-state index contributed by atoms with van der Waals surface area (Å²) in [6.45, 7) is 3.37. The zero-order chi connectivity index (χ0) is 10.7. The molecule has 5 heteroatoms. The second-order valence-electron chi connectivity index (χ2n) is 4.06. The van der Waals surface area contributed by atoms with Gasteiger partial charge in [-0.3, -0.25) is 4.90 Å². The Labute approximate surface area is 112 Å². The molecule has 0 unspecified atom stereocenters. The average molecular weight is 281 g/mol. The van der Waals surface area contributed by atoms with Crippen LogP contribution in [0.5, 0.6) is 0 Å². The molecule has 0 aliphatic carbocycles. The van der Waals surface area contributed by atoms with Crippen molar-refractivity contribution in [2.24, 2.45) is 0 Å². The molecular weight excluding hydrogens is 263 g/mol. The first-order valence-electron chi connectivity index (χ1n) is 5.41. The summed E-state index contributed by atoms with van der Waals surface area (Å²) in [5, 5.41) is 5.41. The first-order chi connectivity index (χ1) is 7.29. The summed E-state index contributed by atoms with van der Waals surface area (Å²) in [7, 11) is 2.05. The van der Waals surface area contributed by atoms with Gasteiger partial charge in [-0.2, -0.15) is 0 Å². The van der Waals surface area contributed by atoms with E-state index in [0.29, 0.717) is 6.04 Å². The Morgan fingerprint density at radius 3 is 2.69 bits per heavy atom. The number of nitrogens with zero attached hydrogens (tertiary/aromatic N) is 1. The van der Waals surface area contributed by atoms with Crippen LogP contribution in [-0.4, -0.2) is 31.1 Å². The number of thiophene rings is 1. The molecule has 1 N–H and O–H groups in total. The zero-order valence-corrected chi connectivity index (χ0v) is 11.8. The number of likely N-dealkylation sites (tertiary alicyclic amines) is 1. The Bertz CT molecular complexity index is 309. The van der Waals surface area contributed by atoms with Crippen molar-refractivity contribution in [1.82, 2.24) is 10.2 Å². The second-order valence-corrected chi connectivity index (χ2v) is 5.58. The third-order valence-electron chi connectivity index (χ3n) is 3.08. The Kier molecular flexibility index (Phi) is 6.08. The van der Waals surface area contributed by atoms with Gasteiger partial charge in [0.2, 0.25) is 0 Å². The van der Waals surface area contributed by atoms with E-state index in [4.69, 9.17) is 11.6 Å². The van der Waals surface area contributed by atoms with Crippen LogP contribution in [0.1, 0.15) is 18.4 Å². The van der Waals surface area contributed by atoms with Gasteiger partial charge in [-0.15, -0.1) is 23.7 Å². The SMILES string of the molecule is CNC1CCN(Cc2ccsc2Cl)CC1.Cl. The number of rotatable bonds is 3. The maximum atomic E-state index is 6.09. The molecule has 2 heterocycles. The highest BCUT2D eigenvalue weighted by Crippen LogP contribution is 2.25. The molecule has 1 aromatic heterocycles. The van der Waals surface area contributed by atoms with E-state index in [-0.39, 0.29) is 12.4 Å². The number of nitrogens with one attached hydrogen (secondary N) is 1. The van der Waals surface area contributed by atoms with Crippen LogP contribution in [0.2, 0.25) is 4.34 Å². The molecule has 1 aliphatic heterocycles. The highest BCUT2D eigenvalue weighted by Gasteiger charge is 2.18. The van der Waals surface area contributed by atoms with Crippen LogP contribution in [0.15, 0.2) is 11.4 Å². The molecule has 0 bridgehead atoms. The average Bonchev–Trinajstić information content (AvgIpc) is 2.66. The molecule has 0 saturated carbocycles. The monoisotopic (exact) mass is 280 g/mol. The lowest BCUT2D eigenvalue weighted by molar-refractivity contribution is 0.195. The molecule has 0 radical (unpaired) electrons. The van der Waals surface area contributed by atoms with Gasteiger partial charge in [-0.1, -0.05) is 11.6 Å². The van der Waals surface area contributed by atoms with Gasteiger partial charge in [0.15, 0.2) is 0 Å². The molecule has 2 nitrogen and oxygen atoms in total. The highest BCUT2D eigenvalue weighted by molar-refractivity contribution is 7.14. The van der Waals surface area contributed by atoms with Gasteiger partial charge in [-0.05, 0) is 50.0 Å². The predicted molar refractivity (Wildman–Crippen MR) is 73.9 cm³/mol. The lowest BCUT2D eigenvalue weighted by atomic mass is 10.1. The van der Waals surface area contributed by atoms with Gasteiger partial charge in [0.05, 0.1) is 4.34 Å². The Morgan fingerprint density at radius 2 is 2.19 bits per heavy atom. The van der Waals surface area contributed by atoms with Gasteiger partial charge in [0.1, 0.15) is 0 Å². The Balaban J connectivity index is 0.00000128. The smallest absolute Gasteiger partial charge is 0.0973 e. The van der Waals surface area contributed by atoms with Crippen LogP contribution in [0, 0.1) is 0 Å². The van der Waals surface area contributed by atoms with Gasteiger partial charge >= 0.3 is 0 Å². The van der Waals surface area contributed by atoms with Crippen LogP contribution in [-0.2, 0) is 6.54 Å². The normalized spacial score (nSPS) is 18.4. The predicted octanol–water partition coefficient (Wildman–Crippen LogP) is 3.01. The summed E-state index contributed by atoms with van der Waals surface area (Å²) in [6.07, 6.45) is 2.50. The third kappa shape index (κ3) is 3.60. The van der Waals surface area contributed by atoms with Crippen molar-refractivity contribution in [2.75, 3.05) is 20.1 Å². The number of hydrogen-bond acceptors (Lipinski definition) is 3. The van der Waals surface area contributed by atoms with Crippen molar-refractivity contribution in [1.29, 1.82) is 0 Å². The van der Waals surface area contributed by atoms with Gasteiger partial charge in [-0.25, -0.2) is 0 Å². The number of hydrogen-bond donors (Lipinski definition) is 1. The molecule has 0 aromatic carbocycles. The van der Waals surface area contributed by atoms with E-state index in [1.54, 1.807) is 11.3 Å². The summed E-state index contributed by atoms with van der Waals surface area (Å²) in [5.74, 6) is 0. The fraction of sp³-hybridized carbons (Fsp3) is 0.636. The molecule has 1 aromatic rings. The largest absolute Gasteiger partial charge is 0.317 e.